The van der Waals surface area contributed by atoms with Crippen molar-refractivity contribution in [3.05, 3.63) is 69.7 Å². The summed E-state index contributed by atoms with van der Waals surface area (Å²) in [5.74, 6) is -0.0619. The summed E-state index contributed by atoms with van der Waals surface area (Å²) in [7, 11) is 0. The third-order valence-electron chi connectivity index (χ3n) is 4.32. The van der Waals surface area contributed by atoms with Gasteiger partial charge in [-0.25, -0.2) is 0 Å². The van der Waals surface area contributed by atoms with E-state index in [9.17, 15) is 4.79 Å². The summed E-state index contributed by atoms with van der Waals surface area (Å²) >= 11 is 1.58. The molecule has 4 rings (SSSR count). The number of hydrogen-bond donors (Lipinski definition) is 1. The highest BCUT2D eigenvalue weighted by atomic mass is 32.1. The lowest BCUT2D eigenvalue weighted by Crippen LogP contribution is -2.23. The second-order valence-electron chi connectivity index (χ2n) is 6.28. The highest BCUT2D eigenvalue weighted by Gasteiger charge is 2.24. The number of rotatable bonds is 5. The van der Waals surface area contributed by atoms with Gasteiger partial charge >= 0.3 is 0 Å². The van der Waals surface area contributed by atoms with Crippen LogP contribution in [0.3, 0.4) is 0 Å². The molecule has 132 valence electrons. The molecule has 0 bridgehead atoms. The Morgan fingerprint density at radius 3 is 3.00 bits per heavy atom. The molecule has 0 saturated heterocycles. The van der Waals surface area contributed by atoms with E-state index in [2.05, 4.69) is 31.2 Å². The highest BCUT2D eigenvalue weighted by molar-refractivity contribution is 7.14. The highest BCUT2D eigenvalue weighted by Crippen LogP contribution is 2.36. The van der Waals surface area contributed by atoms with Crippen molar-refractivity contribution in [3.63, 3.8) is 0 Å². The number of hydrogen-bond acceptors (Lipinski definition) is 6. The molecule has 0 fully saturated rings. The Balaban J connectivity index is 1.42. The van der Waals surface area contributed by atoms with Crippen LogP contribution in [0.4, 0.5) is 5.69 Å². The smallest absolute Gasteiger partial charge is 0.261 e. The molecule has 1 N–H and O–H groups in total. The first kappa shape index (κ1) is 16.7. The van der Waals surface area contributed by atoms with Crippen molar-refractivity contribution in [1.82, 2.24) is 20.3 Å². The summed E-state index contributed by atoms with van der Waals surface area (Å²) in [6.07, 6.45) is 8.05. The third-order valence-corrected chi connectivity index (χ3v) is 5.50. The maximum absolute atomic E-state index is 12.5. The van der Waals surface area contributed by atoms with Crippen LogP contribution in [0.15, 0.2) is 43.0 Å². The van der Waals surface area contributed by atoms with Crippen LogP contribution in [0.25, 0.3) is 0 Å². The molecule has 4 heterocycles. The van der Waals surface area contributed by atoms with Gasteiger partial charge in [-0.1, -0.05) is 6.07 Å². The number of carbonyl (C=O) groups excluding carboxylic acids is 1. The molecule has 0 atom stereocenters. The summed E-state index contributed by atoms with van der Waals surface area (Å²) in [6, 6.07) is 6.03. The van der Waals surface area contributed by atoms with E-state index in [1.54, 1.807) is 29.9 Å². The minimum atomic E-state index is -0.0619. The van der Waals surface area contributed by atoms with Crippen molar-refractivity contribution >= 4 is 22.9 Å². The Kier molecular flexibility index (Phi) is 4.62. The first-order chi connectivity index (χ1) is 12.7. The number of pyridine rings is 1. The molecule has 0 spiro atoms. The van der Waals surface area contributed by atoms with Gasteiger partial charge in [0.25, 0.3) is 5.91 Å². The average Bonchev–Trinajstić information content (AvgIpc) is 3.24. The number of carbonyl (C=O) groups is 1. The number of anilines is 1. The van der Waals surface area contributed by atoms with Gasteiger partial charge in [-0.05, 0) is 24.6 Å². The van der Waals surface area contributed by atoms with Gasteiger partial charge in [0.1, 0.15) is 0 Å². The molecule has 1 aliphatic heterocycles. The topological polar surface area (TPSA) is 71.0 Å². The van der Waals surface area contributed by atoms with Crippen molar-refractivity contribution in [3.8, 4) is 0 Å². The standard InChI is InChI=1S/C19H19N5OS/c1-13-8-22-15(10-21-13)11-23-19(25)18-7-16-17(26-18)4-6-24(16)12-14-3-2-5-20-9-14/h2-3,5,7-10H,4,6,11-12H2,1H3,(H,23,25). The number of nitrogens with zero attached hydrogens (tertiary/aromatic N) is 4. The van der Waals surface area contributed by atoms with E-state index in [1.807, 2.05) is 25.3 Å². The fourth-order valence-electron chi connectivity index (χ4n) is 2.98. The summed E-state index contributed by atoms with van der Waals surface area (Å²) in [4.78, 5) is 29.4. The number of aromatic nitrogens is 3. The first-order valence-corrected chi connectivity index (χ1v) is 9.33. The second kappa shape index (κ2) is 7.21. The van der Waals surface area contributed by atoms with Gasteiger partial charge in [-0.3, -0.25) is 19.7 Å². The molecule has 1 amide bonds. The molecule has 1 aliphatic rings. The predicted molar refractivity (Wildman–Crippen MR) is 101 cm³/mol. The maximum Gasteiger partial charge on any atom is 0.261 e. The lowest BCUT2D eigenvalue weighted by atomic mass is 10.2. The zero-order valence-electron chi connectivity index (χ0n) is 14.5. The molecule has 3 aromatic heterocycles. The van der Waals surface area contributed by atoms with Crippen LogP contribution in [0.5, 0.6) is 0 Å². The summed E-state index contributed by atoms with van der Waals surface area (Å²) in [5, 5.41) is 2.93. The lowest BCUT2D eigenvalue weighted by Gasteiger charge is -2.18. The molecule has 7 heteroatoms. The first-order valence-electron chi connectivity index (χ1n) is 8.51. The number of aryl methyl sites for hydroxylation is 1. The Morgan fingerprint density at radius 1 is 1.31 bits per heavy atom. The minimum Gasteiger partial charge on any atom is -0.366 e. The fourth-order valence-corrected chi connectivity index (χ4v) is 4.07. The lowest BCUT2D eigenvalue weighted by molar-refractivity contribution is 0.0954. The van der Waals surface area contributed by atoms with E-state index in [0.29, 0.717) is 6.54 Å². The molecule has 26 heavy (non-hydrogen) atoms. The van der Waals surface area contributed by atoms with Crippen LogP contribution in [0.2, 0.25) is 0 Å². The second-order valence-corrected chi connectivity index (χ2v) is 7.42. The van der Waals surface area contributed by atoms with Crippen LogP contribution in [-0.2, 0) is 19.5 Å². The van der Waals surface area contributed by atoms with Crippen molar-refractivity contribution in [1.29, 1.82) is 0 Å². The van der Waals surface area contributed by atoms with Gasteiger partial charge in [0.05, 0.1) is 34.7 Å². The maximum atomic E-state index is 12.5. The largest absolute Gasteiger partial charge is 0.366 e. The zero-order valence-corrected chi connectivity index (χ0v) is 15.3. The van der Waals surface area contributed by atoms with E-state index in [0.717, 1.165) is 35.8 Å². The molecule has 0 aliphatic carbocycles. The Bertz CT molecular complexity index is 907. The van der Waals surface area contributed by atoms with Gasteiger partial charge in [-0.15, -0.1) is 11.3 Å². The van der Waals surface area contributed by atoms with Crippen molar-refractivity contribution in [2.45, 2.75) is 26.4 Å². The Hall–Kier alpha value is -2.80. The Morgan fingerprint density at radius 2 is 2.23 bits per heavy atom. The van der Waals surface area contributed by atoms with Crippen LogP contribution in [0, 0.1) is 6.92 Å². The SMILES string of the molecule is Cc1cnc(CNC(=O)c2cc3c(s2)CCN3Cc2cccnc2)cn1. The number of thiophene rings is 1. The minimum absolute atomic E-state index is 0.0619. The van der Waals surface area contributed by atoms with Crippen LogP contribution in [0.1, 0.15) is 31.5 Å². The molecular formula is C19H19N5OS. The van der Waals surface area contributed by atoms with E-state index in [-0.39, 0.29) is 5.91 Å². The van der Waals surface area contributed by atoms with Gasteiger partial charge in [-0.2, -0.15) is 0 Å². The summed E-state index contributed by atoms with van der Waals surface area (Å²) < 4.78 is 0. The van der Waals surface area contributed by atoms with Crippen molar-refractivity contribution in [2.75, 3.05) is 11.4 Å². The monoisotopic (exact) mass is 365 g/mol. The van der Waals surface area contributed by atoms with Crippen LogP contribution in [-0.4, -0.2) is 27.4 Å². The quantitative estimate of drug-likeness (QED) is 0.753. The van der Waals surface area contributed by atoms with Gasteiger partial charge in [0.2, 0.25) is 0 Å². The molecular weight excluding hydrogens is 346 g/mol. The van der Waals surface area contributed by atoms with Crippen LogP contribution < -0.4 is 10.2 Å². The Labute approximate surface area is 155 Å². The van der Waals surface area contributed by atoms with Gasteiger partial charge in [0, 0.05) is 43.0 Å². The normalized spacial score (nSPS) is 12.9. The number of fused-ring (bicyclic) bond motifs is 1. The summed E-state index contributed by atoms with van der Waals surface area (Å²) in [6.45, 7) is 4.07. The fraction of sp³-hybridized carbons (Fsp3) is 0.263. The van der Waals surface area contributed by atoms with E-state index >= 15 is 0 Å². The van der Waals surface area contributed by atoms with Crippen LogP contribution >= 0.6 is 11.3 Å². The average molecular weight is 365 g/mol. The van der Waals surface area contributed by atoms with E-state index in [1.165, 1.54) is 16.1 Å². The third kappa shape index (κ3) is 3.57. The molecule has 0 unspecified atom stereocenters. The van der Waals surface area contributed by atoms with Crippen molar-refractivity contribution < 1.29 is 4.79 Å². The number of nitrogens with one attached hydrogen (secondary N) is 1. The number of amides is 1. The molecule has 6 nitrogen and oxygen atoms in total. The van der Waals surface area contributed by atoms with Crippen molar-refractivity contribution in [2.24, 2.45) is 0 Å². The predicted octanol–water partition coefficient (Wildman–Crippen LogP) is 2.73. The van der Waals surface area contributed by atoms with Gasteiger partial charge in [0.15, 0.2) is 0 Å². The molecule has 0 saturated carbocycles. The summed E-state index contributed by atoms with van der Waals surface area (Å²) in [5.41, 5.74) is 3.96. The van der Waals surface area contributed by atoms with Gasteiger partial charge < -0.3 is 10.2 Å². The molecule has 3 aromatic rings. The zero-order chi connectivity index (χ0) is 17.9. The molecule has 0 radical (unpaired) electrons. The van der Waals surface area contributed by atoms with E-state index in [4.69, 9.17) is 0 Å². The van der Waals surface area contributed by atoms with E-state index < -0.39 is 0 Å². The molecule has 0 aromatic carbocycles.